The average Bonchev–Trinajstić information content (AvgIpc) is 3.57. The lowest BCUT2D eigenvalue weighted by atomic mass is 10.0. The van der Waals surface area contributed by atoms with Crippen molar-refractivity contribution in [1.29, 1.82) is 0 Å². The number of fused-ring (bicyclic) bond motifs is 1. The number of pyridine rings is 1. The van der Waals surface area contributed by atoms with Crippen molar-refractivity contribution in [2.45, 2.75) is 44.8 Å². The third-order valence-electron chi connectivity index (χ3n) is 5.87. The highest BCUT2D eigenvalue weighted by Crippen LogP contribution is 2.40. The van der Waals surface area contributed by atoms with E-state index in [4.69, 9.17) is 0 Å². The SMILES string of the molecule is Cc1ccc(-c2cc(C(=O)N[C@H](C)c3cnc(C(F)(F)F)nc3)cn3c(C4CC4)nnc23)cc1. The maximum Gasteiger partial charge on any atom is 0.451 e. The van der Waals surface area contributed by atoms with Gasteiger partial charge in [-0.25, -0.2) is 9.97 Å². The minimum absolute atomic E-state index is 0.322. The molecule has 1 N–H and O–H groups in total. The number of nitrogens with zero attached hydrogens (tertiary/aromatic N) is 5. The van der Waals surface area contributed by atoms with E-state index in [1.54, 1.807) is 19.2 Å². The number of aromatic nitrogens is 5. The molecule has 174 valence electrons. The number of alkyl halides is 3. The average molecular weight is 466 g/mol. The molecule has 1 saturated carbocycles. The van der Waals surface area contributed by atoms with E-state index in [0.717, 1.165) is 47.8 Å². The second kappa shape index (κ2) is 8.19. The molecule has 0 unspecified atom stereocenters. The lowest BCUT2D eigenvalue weighted by Crippen LogP contribution is -2.27. The van der Waals surface area contributed by atoms with Crippen molar-refractivity contribution in [3.05, 3.63) is 77.3 Å². The van der Waals surface area contributed by atoms with Crippen LogP contribution < -0.4 is 5.32 Å². The van der Waals surface area contributed by atoms with Crippen molar-refractivity contribution in [1.82, 2.24) is 29.9 Å². The van der Waals surface area contributed by atoms with E-state index in [9.17, 15) is 18.0 Å². The summed E-state index contributed by atoms with van der Waals surface area (Å²) in [4.78, 5) is 19.9. The van der Waals surface area contributed by atoms with Gasteiger partial charge in [-0.05, 0) is 38.3 Å². The number of carbonyl (C=O) groups is 1. The molecule has 3 aromatic heterocycles. The van der Waals surface area contributed by atoms with Gasteiger partial charge in [0.2, 0.25) is 5.82 Å². The molecule has 1 amide bonds. The molecule has 0 radical (unpaired) electrons. The molecular formula is C24H21F3N6O. The molecular weight excluding hydrogens is 445 g/mol. The van der Waals surface area contributed by atoms with Crippen molar-refractivity contribution < 1.29 is 18.0 Å². The Labute approximate surface area is 193 Å². The lowest BCUT2D eigenvalue weighted by Gasteiger charge is -2.15. The molecule has 1 aliphatic rings. The van der Waals surface area contributed by atoms with Crippen molar-refractivity contribution in [3.8, 4) is 11.1 Å². The number of benzene rings is 1. The molecule has 1 fully saturated rings. The predicted octanol–water partition coefficient (Wildman–Crippen LogP) is 4.88. The Kier molecular flexibility index (Phi) is 5.30. The zero-order valence-electron chi connectivity index (χ0n) is 18.5. The van der Waals surface area contributed by atoms with Gasteiger partial charge in [0.15, 0.2) is 5.65 Å². The number of rotatable bonds is 5. The van der Waals surface area contributed by atoms with E-state index in [1.807, 2.05) is 35.6 Å². The standard InChI is InChI=1S/C24H21F3N6O/c1-13-3-5-15(6-4-13)19-9-17(12-33-20(16-7-8-16)31-32-21(19)33)22(34)30-14(2)18-10-28-23(29-11-18)24(25,26)27/h3-6,9-12,14,16H,7-8H2,1-2H3,(H,30,34)/t14-/m1/s1. The number of carbonyl (C=O) groups excluding carboxylic acids is 1. The van der Waals surface area contributed by atoms with Crippen LogP contribution in [0.3, 0.4) is 0 Å². The second-order valence-electron chi connectivity index (χ2n) is 8.57. The Morgan fingerprint density at radius 1 is 1.12 bits per heavy atom. The predicted molar refractivity (Wildman–Crippen MR) is 118 cm³/mol. The van der Waals surface area contributed by atoms with Gasteiger partial charge in [-0.3, -0.25) is 9.20 Å². The molecule has 5 rings (SSSR count). The fraction of sp³-hybridized carbons (Fsp3) is 0.292. The van der Waals surface area contributed by atoms with Crippen molar-refractivity contribution in [3.63, 3.8) is 0 Å². The molecule has 3 heterocycles. The van der Waals surface area contributed by atoms with Crippen LogP contribution in [0.25, 0.3) is 16.8 Å². The van der Waals surface area contributed by atoms with E-state index in [2.05, 4.69) is 25.5 Å². The zero-order chi connectivity index (χ0) is 24.0. The van der Waals surface area contributed by atoms with Gasteiger partial charge in [-0.15, -0.1) is 10.2 Å². The number of aryl methyl sites for hydroxylation is 1. The Bertz CT molecular complexity index is 1360. The van der Waals surface area contributed by atoms with Crippen LogP contribution in [0.15, 0.2) is 48.9 Å². The smallest absolute Gasteiger partial charge is 0.345 e. The summed E-state index contributed by atoms with van der Waals surface area (Å²) in [5.41, 5.74) is 4.23. The maximum absolute atomic E-state index is 13.2. The molecule has 4 aromatic rings. The van der Waals surface area contributed by atoms with E-state index in [1.165, 1.54) is 0 Å². The Morgan fingerprint density at radius 2 is 1.79 bits per heavy atom. The highest BCUT2D eigenvalue weighted by atomic mass is 19.4. The summed E-state index contributed by atoms with van der Waals surface area (Å²) in [5.74, 6) is -0.453. The number of halogens is 3. The summed E-state index contributed by atoms with van der Waals surface area (Å²) in [6.07, 6.45) is 1.31. The third-order valence-corrected chi connectivity index (χ3v) is 5.87. The first-order valence-corrected chi connectivity index (χ1v) is 10.9. The Balaban J connectivity index is 1.48. The van der Waals surface area contributed by atoms with Crippen LogP contribution in [0.1, 0.15) is 64.9 Å². The Hall–Kier alpha value is -3.82. The molecule has 10 heteroatoms. The highest BCUT2D eigenvalue weighted by Gasteiger charge is 2.34. The first-order chi connectivity index (χ1) is 16.2. The largest absolute Gasteiger partial charge is 0.451 e. The summed E-state index contributed by atoms with van der Waals surface area (Å²) in [6, 6.07) is 9.08. The molecule has 0 saturated heterocycles. The van der Waals surface area contributed by atoms with E-state index >= 15 is 0 Å². The first kappa shape index (κ1) is 22.0. The fourth-order valence-corrected chi connectivity index (χ4v) is 3.77. The number of amides is 1. The lowest BCUT2D eigenvalue weighted by molar-refractivity contribution is -0.145. The first-order valence-electron chi connectivity index (χ1n) is 10.9. The molecule has 0 aliphatic heterocycles. The summed E-state index contributed by atoms with van der Waals surface area (Å²) >= 11 is 0. The van der Waals surface area contributed by atoms with Gasteiger partial charge in [0.25, 0.3) is 5.91 Å². The van der Waals surface area contributed by atoms with Crippen LogP contribution in [-0.2, 0) is 6.18 Å². The number of hydrogen-bond acceptors (Lipinski definition) is 5. The Morgan fingerprint density at radius 3 is 2.41 bits per heavy atom. The van der Waals surface area contributed by atoms with Crippen LogP contribution >= 0.6 is 0 Å². The molecule has 34 heavy (non-hydrogen) atoms. The maximum atomic E-state index is 13.2. The van der Waals surface area contributed by atoms with Gasteiger partial charge in [0.05, 0.1) is 11.6 Å². The van der Waals surface area contributed by atoms with Crippen molar-refractivity contribution in [2.24, 2.45) is 0 Å². The third kappa shape index (κ3) is 4.23. The molecule has 1 atom stereocenters. The molecule has 1 aromatic carbocycles. The minimum Gasteiger partial charge on any atom is -0.345 e. The van der Waals surface area contributed by atoms with Crippen LogP contribution in [0.5, 0.6) is 0 Å². The molecule has 1 aliphatic carbocycles. The molecule has 0 spiro atoms. The van der Waals surface area contributed by atoms with Crippen molar-refractivity contribution in [2.75, 3.05) is 0 Å². The van der Waals surface area contributed by atoms with Gasteiger partial charge in [-0.1, -0.05) is 29.8 Å². The normalized spacial score (nSPS) is 14.9. The van der Waals surface area contributed by atoms with Gasteiger partial charge >= 0.3 is 6.18 Å². The second-order valence-corrected chi connectivity index (χ2v) is 8.57. The van der Waals surface area contributed by atoms with Gasteiger partial charge in [0.1, 0.15) is 5.82 Å². The number of nitrogens with one attached hydrogen (secondary N) is 1. The molecule has 0 bridgehead atoms. The van der Waals surface area contributed by atoms with E-state index in [-0.39, 0.29) is 5.91 Å². The van der Waals surface area contributed by atoms with Crippen molar-refractivity contribution >= 4 is 11.6 Å². The van der Waals surface area contributed by atoms with Crippen LogP contribution in [0.2, 0.25) is 0 Å². The van der Waals surface area contributed by atoms with Gasteiger partial charge < -0.3 is 5.32 Å². The summed E-state index contributed by atoms with van der Waals surface area (Å²) < 4.78 is 40.1. The fourth-order valence-electron chi connectivity index (χ4n) is 3.77. The van der Waals surface area contributed by atoms with Crippen LogP contribution in [0.4, 0.5) is 13.2 Å². The van der Waals surface area contributed by atoms with Crippen LogP contribution in [-0.4, -0.2) is 30.5 Å². The minimum atomic E-state index is -4.62. The summed E-state index contributed by atoms with van der Waals surface area (Å²) in [5, 5.41) is 11.6. The zero-order valence-corrected chi connectivity index (χ0v) is 18.5. The summed E-state index contributed by atoms with van der Waals surface area (Å²) in [6.45, 7) is 3.66. The van der Waals surface area contributed by atoms with Gasteiger partial charge in [0, 0.05) is 35.6 Å². The summed E-state index contributed by atoms with van der Waals surface area (Å²) in [7, 11) is 0. The van der Waals surface area contributed by atoms with Crippen LogP contribution in [0, 0.1) is 6.92 Å². The molecule has 7 nitrogen and oxygen atoms in total. The van der Waals surface area contributed by atoms with E-state index in [0.29, 0.717) is 22.7 Å². The highest BCUT2D eigenvalue weighted by molar-refractivity contribution is 5.97. The quantitative estimate of drug-likeness (QED) is 0.453. The van der Waals surface area contributed by atoms with Gasteiger partial charge in [-0.2, -0.15) is 13.2 Å². The number of hydrogen-bond donors (Lipinski definition) is 1. The monoisotopic (exact) mass is 466 g/mol. The topological polar surface area (TPSA) is 85.1 Å². The van der Waals surface area contributed by atoms with E-state index < -0.39 is 18.0 Å².